The van der Waals surface area contributed by atoms with Crippen molar-refractivity contribution in [3.63, 3.8) is 0 Å². The third-order valence-electron chi connectivity index (χ3n) is 6.55. The normalized spacial score (nSPS) is 10.6. The predicted octanol–water partition coefficient (Wildman–Crippen LogP) is 6.41. The van der Waals surface area contributed by atoms with Crippen molar-refractivity contribution in [2.45, 2.75) is 6.61 Å². The van der Waals surface area contributed by atoms with Crippen molar-refractivity contribution < 1.29 is 19.1 Å². The molecule has 1 amide bonds. The molecule has 0 saturated carbocycles. The van der Waals surface area contributed by atoms with E-state index in [0.717, 1.165) is 16.3 Å². The predicted molar refractivity (Wildman–Crippen MR) is 157 cm³/mol. The number of nitrogens with one attached hydrogen (secondary N) is 2. The number of esters is 1. The summed E-state index contributed by atoms with van der Waals surface area (Å²) in [7, 11) is 1.58. The number of nitrogen functional groups attached to an aromatic ring is 1. The van der Waals surface area contributed by atoms with Gasteiger partial charge in [-0.1, -0.05) is 60.7 Å². The van der Waals surface area contributed by atoms with Crippen molar-refractivity contribution in [3.05, 3.63) is 131 Å². The second-order valence-electron chi connectivity index (χ2n) is 9.13. The molecule has 5 aromatic rings. The smallest absolute Gasteiger partial charge is 0.339 e. The Bertz CT molecular complexity index is 1710. The topological polar surface area (TPSA) is 115 Å². The molecule has 40 heavy (non-hydrogen) atoms. The second-order valence-corrected chi connectivity index (χ2v) is 9.13. The summed E-state index contributed by atoms with van der Waals surface area (Å²) < 4.78 is 11.3. The van der Waals surface area contributed by atoms with Crippen LogP contribution >= 0.6 is 0 Å². The van der Waals surface area contributed by atoms with E-state index in [1.54, 1.807) is 49.6 Å². The minimum absolute atomic E-state index is 0.0529. The molecule has 0 atom stereocenters. The molecule has 198 valence electrons. The number of amides is 1. The fourth-order valence-electron chi connectivity index (χ4n) is 4.51. The highest BCUT2D eigenvalue weighted by Gasteiger charge is 2.21. The Balaban J connectivity index is 1.56. The molecule has 0 bridgehead atoms. The van der Waals surface area contributed by atoms with Crippen LogP contribution in [0.4, 0.5) is 5.69 Å². The van der Waals surface area contributed by atoms with Gasteiger partial charge in [0.1, 0.15) is 18.2 Å². The number of rotatable bonds is 8. The van der Waals surface area contributed by atoms with E-state index in [9.17, 15) is 9.59 Å². The number of anilines is 1. The molecular formula is C33H27N3O4. The molecule has 5 rings (SSSR count). The van der Waals surface area contributed by atoms with Gasteiger partial charge in [0.05, 0.1) is 12.7 Å². The van der Waals surface area contributed by atoms with Gasteiger partial charge in [-0.25, -0.2) is 4.79 Å². The van der Waals surface area contributed by atoms with Gasteiger partial charge in [-0.05, 0) is 70.6 Å². The maximum Gasteiger partial charge on any atom is 0.339 e. The summed E-state index contributed by atoms with van der Waals surface area (Å²) in [5.74, 6) is -0.286. The van der Waals surface area contributed by atoms with Crippen LogP contribution in [0.25, 0.3) is 21.9 Å². The van der Waals surface area contributed by atoms with Crippen molar-refractivity contribution >= 4 is 34.2 Å². The van der Waals surface area contributed by atoms with Crippen LogP contribution in [0.15, 0.2) is 109 Å². The van der Waals surface area contributed by atoms with E-state index in [1.165, 1.54) is 0 Å². The number of carbonyl (C=O) groups is 2. The summed E-state index contributed by atoms with van der Waals surface area (Å²) in [5.41, 5.74) is 9.37. The monoisotopic (exact) mass is 529 g/mol. The molecule has 5 aromatic carbocycles. The first-order chi connectivity index (χ1) is 19.4. The van der Waals surface area contributed by atoms with Gasteiger partial charge in [0.15, 0.2) is 0 Å². The average Bonchev–Trinajstić information content (AvgIpc) is 2.99. The zero-order chi connectivity index (χ0) is 28.1. The fourth-order valence-corrected chi connectivity index (χ4v) is 4.51. The van der Waals surface area contributed by atoms with Gasteiger partial charge in [0, 0.05) is 22.2 Å². The van der Waals surface area contributed by atoms with E-state index in [-0.39, 0.29) is 18.3 Å². The van der Waals surface area contributed by atoms with Crippen LogP contribution in [0.5, 0.6) is 5.75 Å². The van der Waals surface area contributed by atoms with Gasteiger partial charge < -0.3 is 20.5 Å². The quantitative estimate of drug-likeness (QED) is 0.122. The molecule has 4 N–H and O–H groups in total. The third-order valence-corrected chi connectivity index (χ3v) is 6.55. The van der Waals surface area contributed by atoms with Gasteiger partial charge in [-0.2, -0.15) is 0 Å². The van der Waals surface area contributed by atoms with E-state index >= 15 is 0 Å². The molecule has 0 aliphatic carbocycles. The average molecular weight is 530 g/mol. The van der Waals surface area contributed by atoms with E-state index in [0.29, 0.717) is 39.3 Å². The summed E-state index contributed by atoms with van der Waals surface area (Å²) in [6.45, 7) is 0.113. The maximum absolute atomic E-state index is 13.5. The summed E-state index contributed by atoms with van der Waals surface area (Å²) in [5, 5.41) is 12.1. The lowest BCUT2D eigenvalue weighted by molar-refractivity contribution is 0.0473. The molecule has 0 aliphatic rings. The number of ether oxygens (including phenoxy) is 2. The minimum atomic E-state index is -0.512. The van der Waals surface area contributed by atoms with Crippen LogP contribution < -0.4 is 15.8 Å². The maximum atomic E-state index is 13.5. The molecule has 0 fully saturated rings. The summed E-state index contributed by atoms with van der Waals surface area (Å²) in [4.78, 5) is 27.0. The molecule has 0 aliphatic heterocycles. The fraction of sp³-hybridized carbons (Fsp3) is 0.0606. The Morgan fingerprint density at radius 1 is 0.800 bits per heavy atom. The van der Waals surface area contributed by atoms with Gasteiger partial charge in [-0.15, -0.1) is 0 Å². The molecule has 7 heteroatoms. The zero-order valence-corrected chi connectivity index (χ0v) is 21.8. The van der Waals surface area contributed by atoms with E-state index in [4.69, 9.17) is 20.6 Å². The summed E-state index contributed by atoms with van der Waals surface area (Å²) >= 11 is 0. The molecule has 0 spiro atoms. The first-order valence-corrected chi connectivity index (χ1v) is 12.6. The molecule has 0 aromatic heterocycles. The molecule has 0 heterocycles. The number of amidine groups is 1. The van der Waals surface area contributed by atoms with Gasteiger partial charge in [0.2, 0.25) is 0 Å². The lowest BCUT2D eigenvalue weighted by Crippen LogP contribution is -2.15. The highest BCUT2D eigenvalue weighted by molar-refractivity contribution is 6.12. The van der Waals surface area contributed by atoms with E-state index in [2.05, 4.69) is 5.32 Å². The van der Waals surface area contributed by atoms with Crippen LogP contribution in [-0.4, -0.2) is 24.8 Å². The third kappa shape index (κ3) is 5.54. The van der Waals surface area contributed by atoms with Gasteiger partial charge >= 0.3 is 5.97 Å². The Kier molecular flexibility index (Phi) is 7.55. The van der Waals surface area contributed by atoms with Crippen LogP contribution in [-0.2, 0) is 11.3 Å². The van der Waals surface area contributed by atoms with Crippen molar-refractivity contribution in [1.29, 1.82) is 5.41 Å². The SMILES string of the molecule is COc1cccc2cc(-c3ccccc3C(=O)Nc3ccc(C(=N)N)cc3)c(C(=O)OCc3ccccc3)cc12. The number of benzene rings is 5. The first-order valence-electron chi connectivity index (χ1n) is 12.6. The molecular weight excluding hydrogens is 502 g/mol. The van der Waals surface area contributed by atoms with Crippen molar-refractivity contribution in [2.75, 3.05) is 12.4 Å². The van der Waals surface area contributed by atoms with Crippen LogP contribution in [0.2, 0.25) is 0 Å². The molecule has 0 radical (unpaired) electrons. The van der Waals surface area contributed by atoms with Crippen LogP contribution in [0, 0.1) is 5.41 Å². The number of fused-ring (bicyclic) bond motifs is 1. The van der Waals surface area contributed by atoms with Crippen molar-refractivity contribution in [2.24, 2.45) is 5.73 Å². The van der Waals surface area contributed by atoms with E-state index in [1.807, 2.05) is 66.7 Å². The standard InChI is InChI=1S/C33H27N3O4/c1-39-30-13-7-10-23-18-28(29(19-27(23)30)33(38)40-20-21-8-3-2-4-9-21)25-11-5-6-12-26(25)32(37)36-24-16-14-22(15-17-24)31(34)35/h2-19H,20H2,1H3,(H3,34,35)(H,36,37). The first kappa shape index (κ1) is 26.2. The highest BCUT2D eigenvalue weighted by atomic mass is 16.5. The Morgan fingerprint density at radius 2 is 1.52 bits per heavy atom. The van der Waals surface area contributed by atoms with Gasteiger partial charge in [-0.3, -0.25) is 10.2 Å². The van der Waals surface area contributed by atoms with Gasteiger partial charge in [0.25, 0.3) is 5.91 Å². The number of nitrogens with two attached hydrogens (primary N) is 1. The number of methoxy groups -OCH3 is 1. The zero-order valence-electron chi connectivity index (χ0n) is 21.8. The highest BCUT2D eigenvalue weighted by Crippen LogP contribution is 2.35. The van der Waals surface area contributed by atoms with Crippen LogP contribution in [0.3, 0.4) is 0 Å². The van der Waals surface area contributed by atoms with E-state index < -0.39 is 5.97 Å². The molecule has 0 saturated heterocycles. The molecule has 7 nitrogen and oxygen atoms in total. The Labute approximate surface area is 231 Å². The summed E-state index contributed by atoms with van der Waals surface area (Å²) in [6.07, 6.45) is 0. The van der Waals surface area contributed by atoms with Crippen LogP contribution in [0.1, 0.15) is 31.8 Å². The Morgan fingerprint density at radius 3 is 2.25 bits per heavy atom. The Hall–Kier alpha value is -5.43. The van der Waals surface area contributed by atoms with Crippen molar-refractivity contribution in [1.82, 2.24) is 0 Å². The lowest BCUT2D eigenvalue weighted by atomic mass is 9.92. The lowest BCUT2D eigenvalue weighted by Gasteiger charge is -2.16. The second kappa shape index (κ2) is 11.5. The molecule has 0 unspecified atom stereocenters. The largest absolute Gasteiger partial charge is 0.496 e. The number of hydrogen-bond donors (Lipinski definition) is 3. The van der Waals surface area contributed by atoms with Crippen molar-refractivity contribution in [3.8, 4) is 16.9 Å². The summed E-state index contributed by atoms with van der Waals surface area (Å²) in [6, 6.07) is 32.6. The minimum Gasteiger partial charge on any atom is -0.496 e. The number of carbonyl (C=O) groups excluding carboxylic acids is 2. The number of hydrogen-bond acceptors (Lipinski definition) is 5.